The van der Waals surface area contributed by atoms with Crippen LogP contribution in [0.3, 0.4) is 0 Å². The molecule has 0 heterocycles. The molecule has 0 spiro atoms. The average Bonchev–Trinajstić information content (AvgIpc) is 2.24. The second-order valence-corrected chi connectivity index (χ2v) is 4.85. The molecule has 1 atom stereocenters. The van der Waals surface area contributed by atoms with Gasteiger partial charge in [-0.05, 0) is 24.8 Å². The molecule has 0 aromatic heterocycles. The van der Waals surface area contributed by atoms with E-state index >= 15 is 0 Å². The summed E-state index contributed by atoms with van der Waals surface area (Å²) >= 11 is 0. The van der Waals surface area contributed by atoms with Crippen molar-refractivity contribution in [1.82, 2.24) is 0 Å². The number of hydrogen-bond donors (Lipinski definition) is 0. The Morgan fingerprint density at radius 2 is 1.93 bits per heavy atom. The smallest absolute Gasteiger partial charge is 0.139 e. The van der Waals surface area contributed by atoms with Crippen LogP contribution in [0.4, 0.5) is 0 Å². The molecule has 1 aromatic rings. The van der Waals surface area contributed by atoms with Crippen molar-refractivity contribution >= 4 is 5.78 Å². The molecule has 0 saturated heterocycles. The fourth-order valence-corrected chi connectivity index (χ4v) is 2.48. The molecule has 80 valence electrons. The molecular formula is C14H18O. The summed E-state index contributed by atoms with van der Waals surface area (Å²) in [6.45, 7) is 2.13. The van der Waals surface area contributed by atoms with E-state index in [1.54, 1.807) is 0 Å². The Morgan fingerprint density at radius 3 is 2.60 bits per heavy atom. The average molecular weight is 202 g/mol. The zero-order valence-electron chi connectivity index (χ0n) is 9.33. The Labute approximate surface area is 91.5 Å². The number of hydrogen-bond acceptors (Lipinski definition) is 1. The number of carbonyl (C=O) groups excluding carboxylic acids is 1. The van der Waals surface area contributed by atoms with E-state index in [1.807, 2.05) is 18.2 Å². The lowest BCUT2D eigenvalue weighted by atomic mass is 9.71. The largest absolute Gasteiger partial charge is 0.299 e. The van der Waals surface area contributed by atoms with Gasteiger partial charge >= 0.3 is 0 Å². The van der Waals surface area contributed by atoms with E-state index in [0.29, 0.717) is 5.78 Å². The molecule has 0 radical (unpaired) electrons. The Balaban J connectivity index is 2.13. The number of rotatable bonds is 2. The molecule has 0 N–H and O–H groups in total. The second-order valence-electron chi connectivity index (χ2n) is 4.85. The summed E-state index contributed by atoms with van der Waals surface area (Å²) in [6, 6.07) is 10.4. The molecule has 1 nitrogen and oxygen atoms in total. The Bertz CT molecular complexity index is 342. The van der Waals surface area contributed by atoms with Crippen LogP contribution in [-0.4, -0.2) is 5.78 Å². The normalized spacial score (nSPS) is 26.6. The first-order chi connectivity index (χ1) is 7.21. The van der Waals surface area contributed by atoms with Gasteiger partial charge in [0.15, 0.2) is 0 Å². The van der Waals surface area contributed by atoms with Gasteiger partial charge in [-0.2, -0.15) is 0 Å². The van der Waals surface area contributed by atoms with Crippen LogP contribution in [-0.2, 0) is 11.2 Å². The minimum absolute atomic E-state index is 0.0976. The fraction of sp³-hybridized carbons (Fsp3) is 0.500. The highest BCUT2D eigenvalue weighted by atomic mass is 16.1. The number of Topliss-reactive ketones (excluding diaryl/α,β-unsaturated/α-hetero) is 1. The van der Waals surface area contributed by atoms with Crippen molar-refractivity contribution in [1.29, 1.82) is 0 Å². The minimum atomic E-state index is -0.0976. The molecule has 1 aromatic carbocycles. The SMILES string of the molecule is CC1(Cc2ccccc2)CCCCC1=O. The van der Waals surface area contributed by atoms with Crippen molar-refractivity contribution in [2.24, 2.45) is 5.41 Å². The van der Waals surface area contributed by atoms with E-state index in [9.17, 15) is 4.79 Å². The fourth-order valence-electron chi connectivity index (χ4n) is 2.48. The van der Waals surface area contributed by atoms with Crippen LogP contribution in [0.15, 0.2) is 30.3 Å². The number of carbonyl (C=O) groups is 1. The maximum Gasteiger partial charge on any atom is 0.139 e. The van der Waals surface area contributed by atoms with Gasteiger partial charge in [0.2, 0.25) is 0 Å². The van der Waals surface area contributed by atoms with Crippen LogP contribution < -0.4 is 0 Å². The molecule has 15 heavy (non-hydrogen) atoms. The van der Waals surface area contributed by atoms with Crippen LogP contribution in [0.25, 0.3) is 0 Å². The zero-order valence-corrected chi connectivity index (χ0v) is 9.33. The topological polar surface area (TPSA) is 17.1 Å². The lowest BCUT2D eigenvalue weighted by Crippen LogP contribution is -2.33. The van der Waals surface area contributed by atoms with Crippen LogP contribution in [0.2, 0.25) is 0 Å². The first-order valence-corrected chi connectivity index (χ1v) is 5.78. The van der Waals surface area contributed by atoms with E-state index in [1.165, 1.54) is 12.0 Å². The highest BCUT2D eigenvalue weighted by Crippen LogP contribution is 2.35. The summed E-state index contributed by atoms with van der Waals surface area (Å²) in [6.07, 6.45) is 5.04. The summed E-state index contributed by atoms with van der Waals surface area (Å²) in [5.74, 6) is 0.456. The highest BCUT2D eigenvalue weighted by molar-refractivity contribution is 5.85. The predicted molar refractivity (Wildman–Crippen MR) is 61.7 cm³/mol. The molecule has 1 heteroatoms. The molecule has 2 rings (SSSR count). The van der Waals surface area contributed by atoms with Crippen LogP contribution in [0.1, 0.15) is 38.2 Å². The molecular weight excluding hydrogens is 184 g/mol. The van der Waals surface area contributed by atoms with E-state index in [-0.39, 0.29) is 5.41 Å². The molecule has 1 unspecified atom stereocenters. The third-order valence-corrected chi connectivity index (χ3v) is 3.49. The molecule has 0 aliphatic heterocycles. The molecule has 1 aliphatic carbocycles. The van der Waals surface area contributed by atoms with Gasteiger partial charge in [0, 0.05) is 11.8 Å². The van der Waals surface area contributed by atoms with Gasteiger partial charge in [0.05, 0.1) is 0 Å². The summed E-state index contributed by atoms with van der Waals surface area (Å²) in [5.41, 5.74) is 1.19. The summed E-state index contributed by atoms with van der Waals surface area (Å²) in [7, 11) is 0. The summed E-state index contributed by atoms with van der Waals surface area (Å²) in [4.78, 5) is 11.9. The zero-order chi connectivity index (χ0) is 10.7. The quantitative estimate of drug-likeness (QED) is 0.718. The van der Waals surface area contributed by atoms with E-state index < -0.39 is 0 Å². The van der Waals surface area contributed by atoms with Crippen molar-refractivity contribution in [2.45, 2.75) is 39.0 Å². The molecule has 0 bridgehead atoms. The minimum Gasteiger partial charge on any atom is -0.299 e. The van der Waals surface area contributed by atoms with Crippen LogP contribution in [0.5, 0.6) is 0 Å². The Hall–Kier alpha value is -1.11. The number of ketones is 1. The first-order valence-electron chi connectivity index (χ1n) is 5.78. The Kier molecular flexibility index (Phi) is 2.90. The molecule has 0 amide bonds. The molecule has 1 aliphatic rings. The van der Waals surface area contributed by atoms with E-state index in [2.05, 4.69) is 19.1 Å². The molecule has 1 saturated carbocycles. The number of benzene rings is 1. The van der Waals surface area contributed by atoms with Crippen LogP contribution in [0, 0.1) is 5.41 Å². The predicted octanol–water partition coefficient (Wildman–Crippen LogP) is 3.38. The van der Waals surface area contributed by atoms with E-state index in [4.69, 9.17) is 0 Å². The molecule has 1 fully saturated rings. The maximum absolute atomic E-state index is 11.9. The van der Waals surface area contributed by atoms with Crippen molar-refractivity contribution in [3.8, 4) is 0 Å². The van der Waals surface area contributed by atoms with Gasteiger partial charge in [-0.25, -0.2) is 0 Å². The van der Waals surface area contributed by atoms with Crippen molar-refractivity contribution < 1.29 is 4.79 Å². The van der Waals surface area contributed by atoms with Gasteiger partial charge in [0.25, 0.3) is 0 Å². The highest BCUT2D eigenvalue weighted by Gasteiger charge is 2.34. The Morgan fingerprint density at radius 1 is 1.20 bits per heavy atom. The maximum atomic E-state index is 11.9. The third-order valence-electron chi connectivity index (χ3n) is 3.49. The van der Waals surface area contributed by atoms with Gasteiger partial charge in [-0.15, -0.1) is 0 Å². The van der Waals surface area contributed by atoms with Crippen molar-refractivity contribution in [3.63, 3.8) is 0 Å². The van der Waals surface area contributed by atoms with Crippen LogP contribution >= 0.6 is 0 Å². The van der Waals surface area contributed by atoms with Crippen molar-refractivity contribution in [3.05, 3.63) is 35.9 Å². The third kappa shape index (κ3) is 2.28. The van der Waals surface area contributed by atoms with Crippen molar-refractivity contribution in [2.75, 3.05) is 0 Å². The second kappa shape index (κ2) is 4.18. The monoisotopic (exact) mass is 202 g/mol. The van der Waals surface area contributed by atoms with Gasteiger partial charge in [0.1, 0.15) is 5.78 Å². The lowest BCUT2D eigenvalue weighted by Gasteiger charge is -2.32. The van der Waals surface area contributed by atoms with Gasteiger partial charge < -0.3 is 0 Å². The summed E-state index contributed by atoms with van der Waals surface area (Å²) < 4.78 is 0. The van der Waals surface area contributed by atoms with Gasteiger partial charge in [-0.3, -0.25) is 4.79 Å². The summed E-state index contributed by atoms with van der Waals surface area (Å²) in [5, 5.41) is 0. The van der Waals surface area contributed by atoms with Gasteiger partial charge in [-0.1, -0.05) is 43.7 Å². The standard InChI is InChI=1S/C14H18O/c1-14(10-6-5-9-13(14)15)11-12-7-3-2-4-8-12/h2-4,7-8H,5-6,9-11H2,1H3. The lowest BCUT2D eigenvalue weighted by molar-refractivity contribution is -0.130. The van der Waals surface area contributed by atoms with E-state index in [0.717, 1.165) is 25.7 Å². The first kappa shape index (κ1) is 10.4.